The van der Waals surface area contributed by atoms with E-state index in [0.29, 0.717) is 41.2 Å². The van der Waals surface area contributed by atoms with Crippen molar-refractivity contribution in [3.8, 4) is 17.2 Å². The molecule has 1 saturated carbocycles. The van der Waals surface area contributed by atoms with E-state index >= 15 is 0 Å². The number of ether oxygens (including phenoxy) is 3. The van der Waals surface area contributed by atoms with Crippen LogP contribution < -0.4 is 14.8 Å². The highest BCUT2D eigenvalue weighted by Gasteiger charge is 2.42. The van der Waals surface area contributed by atoms with E-state index in [2.05, 4.69) is 5.32 Å². The van der Waals surface area contributed by atoms with E-state index in [0.717, 1.165) is 42.5 Å². The van der Waals surface area contributed by atoms with Gasteiger partial charge in [-0.05, 0) is 80.3 Å². The number of methoxy groups -OCH3 is 2. The van der Waals surface area contributed by atoms with Gasteiger partial charge in [0.25, 0.3) is 0 Å². The molecule has 194 valence electrons. The minimum absolute atomic E-state index is 0.00900. The molecule has 0 saturated heterocycles. The summed E-state index contributed by atoms with van der Waals surface area (Å²) in [5.41, 5.74) is 4.36. The Morgan fingerprint density at radius 3 is 2.30 bits per heavy atom. The first-order chi connectivity index (χ1) is 17.9. The Labute approximate surface area is 217 Å². The molecule has 1 heterocycles. The van der Waals surface area contributed by atoms with Gasteiger partial charge in [-0.3, -0.25) is 4.79 Å². The van der Waals surface area contributed by atoms with Gasteiger partial charge in [-0.1, -0.05) is 18.2 Å². The van der Waals surface area contributed by atoms with Crippen LogP contribution in [0.4, 0.5) is 0 Å². The molecule has 1 fully saturated rings. The van der Waals surface area contributed by atoms with Crippen LogP contribution >= 0.6 is 0 Å². The lowest BCUT2D eigenvalue weighted by Gasteiger charge is -2.37. The van der Waals surface area contributed by atoms with Crippen LogP contribution in [0.5, 0.6) is 17.2 Å². The Balaban J connectivity index is 1.52. The first kappa shape index (κ1) is 24.9. The molecule has 2 aromatic carbocycles. The molecular weight excluding hydrogens is 470 g/mol. The normalized spacial score (nSPS) is 22.0. The molecule has 0 bridgehead atoms. The number of allylic oxidation sites excluding steroid dienone is 3. The highest BCUT2D eigenvalue weighted by molar-refractivity contribution is 6.04. The van der Waals surface area contributed by atoms with Crippen LogP contribution in [-0.2, 0) is 14.3 Å². The van der Waals surface area contributed by atoms with Crippen LogP contribution in [0.2, 0.25) is 0 Å². The lowest BCUT2D eigenvalue weighted by atomic mass is 9.71. The Morgan fingerprint density at radius 1 is 0.946 bits per heavy atom. The summed E-state index contributed by atoms with van der Waals surface area (Å²) in [6.07, 6.45) is 4.70. The van der Waals surface area contributed by atoms with Crippen molar-refractivity contribution in [2.24, 2.45) is 0 Å². The number of dihydropyridines is 1. The van der Waals surface area contributed by atoms with Gasteiger partial charge in [-0.15, -0.1) is 0 Å². The molecule has 7 heteroatoms. The monoisotopic (exact) mass is 503 g/mol. The van der Waals surface area contributed by atoms with E-state index in [-0.39, 0.29) is 29.5 Å². The lowest BCUT2D eigenvalue weighted by molar-refractivity contribution is -0.144. The maximum atomic E-state index is 13.8. The van der Waals surface area contributed by atoms with Crippen molar-refractivity contribution >= 4 is 11.8 Å². The zero-order chi connectivity index (χ0) is 26.1. The maximum Gasteiger partial charge on any atom is 0.337 e. The molecule has 0 radical (unpaired) electrons. The predicted octanol–water partition coefficient (Wildman–Crippen LogP) is 5.26. The van der Waals surface area contributed by atoms with Crippen molar-refractivity contribution in [1.82, 2.24) is 5.32 Å². The number of phenolic OH excluding ortho intramolecular Hbond substituents is 1. The van der Waals surface area contributed by atoms with E-state index in [1.165, 1.54) is 0 Å². The third-order valence-electron chi connectivity index (χ3n) is 7.73. The number of carbonyl (C=O) groups is 2. The number of phenols is 1. The van der Waals surface area contributed by atoms with Crippen LogP contribution in [0.15, 0.2) is 65.0 Å². The summed E-state index contributed by atoms with van der Waals surface area (Å²) < 4.78 is 16.8. The average Bonchev–Trinajstić information content (AvgIpc) is 3.40. The summed E-state index contributed by atoms with van der Waals surface area (Å²) in [4.78, 5) is 27.3. The molecule has 7 nitrogen and oxygen atoms in total. The first-order valence-electron chi connectivity index (χ1n) is 12.9. The highest BCUT2D eigenvalue weighted by Crippen LogP contribution is 2.47. The fourth-order valence-electron chi connectivity index (χ4n) is 5.87. The molecule has 5 rings (SSSR count). The van der Waals surface area contributed by atoms with Gasteiger partial charge in [-0.2, -0.15) is 0 Å². The number of Topliss-reactive ketones (excluding diaryl/α,β-unsaturated/α-hetero) is 1. The Bertz CT molecular complexity index is 1270. The standard InChI is InChI=1S/C30H33NO6/c1-17-27(30(34)37-22-6-4-5-7-22)28(18-8-11-21(32)12-9-18)29-23(31-17)14-20(15-24(29)33)19-10-13-25(35-2)26(16-19)36-3/h8-13,16,20,22,28,31-32H,4-7,14-15H2,1-3H3/t20-,28+/m0/s1. The number of esters is 1. The summed E-state index contributed by atoms with van der Waals surface area (Å²) in [7, 11) is 3.19. The first-order valence-corrected chi connectivity index (χ1v) is 12.9. The number of benzene rings is 2. The van der Waals surface area contributed by atoms with Gasteiger partial charge in [-0.25, -0.2) is 4.79 Å². The molecule has 0 aromatic heterocycles. The largest absolute Gasteiger partial charge is 0.508 e. The SMILES string of the molecule is COc1ccc([C@@H]2CC(=O)C3=C(C2)NC(C)=C(C(=O)OC2CCCC2)[C@H]3c2ccc(O)cc2)cc1OC. The molecular formula is C30H33NO6. The van der Waals surface area contributed by atoms with E-state index < -0.39 is 5.92 Å². The minimum atomic E-state index is -0.551. The molecule has 2 N–H and O–H groups in total. The number of carbonyl (C=O) groups excluding carboxylic acids is 2. The Kier molecular flexibility index (Phi) is 6.96. The quantitative estimate of drug-likeness (QED) is 0.520. The Hall–Kier alpha value is -3.74. The van der Waals surface area contributed by atoms with Crippen molar-refractivity contribution in [3.63, 3.8) is 0 Å². The van der Waals surface area contributed by atoms with E-state index in [1.54, 1.807) is 38.5 Å². The number of hydrogen-bond acceptors (Lipinski definition) is 7. The molecule has 3 aliphatic rings. The summed E-state index contributed by atoms with van der Waals surface area (Å²) in [6, 6.07) is 12.5. The molecule has 2 aliphatic carbocycles. The number of rotatable bonds is 6. The molecule has 37 heavy (non-hydrogen) atoms. The molecule has 0 amide bonds. The van der Waals surface area contributed by atoms with Crippen molar-refractivity contribution in [1.29, 1.82) is 0 Å². The smallest absolute Gasteiger partial charge is 0.337 e. The molecule has 2 aromatic rings. The van der Waals surface area contributed by atoms with E-state index in [1.807, 2.05) is 25.1 Å². The predicted molar refractivity (Wildman–Crippen MR) is 139 cm³/mol. The van der Waals surface area contributed by atoms with E-state index in [4.69, 9.17) is 14.2 Å². The fourth-order valence-corrected chi connectivity index (χ4v) is 5.87. The number of hydrogen-bond donors (Lipinski definition) is 2. The maximum absolute atomic E-state index is 13.8. The van der Waals surface area contributed by atoms with Crippen molar-refractivity contribution in [2.45, 2.75) is 63.4 Å². The van der Waals surface area contributed by atoms with Crippen molar-refractivity contribution in [2.75, 3.05) is 14.2 Å². The van der Waals surface area contributed by atoms with Gasteiger partial charge in [0.2, 0.25) is 0 Å². The van der Waals surface area contributed by atoms with Crippen LogP contribution in [0.3, 0.4) is 0 Å². The Morgan fingerprint density at radius 2 is 1.62 bits per heavy atom. The minimum Gasteiger partial charge on any atom is -0.508 e. The van der Waals surface area contributed by atoms with Crippen LogP contribution in [0.25, 0.3) is 0 Å². The topological polar surface area (TPSA) is 94.1 Å². The van der Waals surface area contributed by atoms with Crippen LogP contribution in [0.1, 0.15) is 68.4 Å². The number of ketones is 1. The number of nitrogens with one attached hydrogen (secondary N) is 1. The van der Waals surface area contributed by atoms with Gasteiger partial charge in [0.15, 0.2) is 17.3 Å². The van der Waals surface area contributed by atoms with Crippen molar-refractivity contribution < 1.29 is 28.9 Å². The summed E-state index contributed by atoms with van der Waals surface area (Å²) in [5.74, 6) is 0.413. The summed E-state index contributed by atoms with van der Waals surface area (Å²) >= 11 is 0. The lowest BCUT2D eigenvalue weighted by Crippen LogP contribution is -2.36. The summed E-state index contributed by atoms with van der Waals surface area (Å²) in [5, 5.41) is 13.3. The van der Waals surface area contributed by atoms with Gasteiger partial charge in [0.1, 0.15) is 11.9 Å². The molecule has 0 unspecified atom stereocenters. The van der Waals surface area contributed by atoms with Crippen molar-refractivity contribution in [3.05, 3.63) is 76.1 Å². The highest BCUT2D eigenvalue weighted by atomic mass is 16.5. The van der Waals surface area contributed by atoms with E-state index in [9.17, 15) is 14.7 Å². The van der Waals surface area contributed by atoms with Gasteiger partial charge < -0.3 is 24.6 Å². The van der Waals surface area contributed by atoms with Gasteiger partial charge in [0, 0.05) is 29.3 Å². The second kappa shape index (κ2) is 10.3. The molecule has 2 atom stereocenters. The van der Waals surface area contributed by atoms with Crippen LogP contribution in [-0.4, -0.2) is 37.2 Å². The number of aromatic hydroxyl groups is 1. The average molecular weight is 504 g/mol. The molecule has 0 spiro atoms. The van der Waals surface area contributed by atoms with Gasteiger partial charge >= 0.3 is 5.97 Å². The zero-order valence-electron chi connectivity index (χ0n) is 21.5. The van der Waals surface area contributed by atoms with Crippen LogP contribution in [0, 0.1) is 0 Å². The third-order valence-corrected chi connectivity index (χ3v) is 7.73. The second-order valence-corrected chi connectivity index (χ2v) is 10.0. The second-order valence-electron chi connectivity index (χ2n) is 10.0. The molecule has 1 aliphatic heterocycles. The zero-order valence-corrected chi connectivity index (χ0v) is 21.5. The third kappa shape index (κ3) is 4.82. The summed E-state index contributed by atoms with van der Waals surface area (Å²) in [6.45, 7) is 1.87. The van der Waals surface area contributed by atoms with Gasteiger partial charge in [0.05, 0.1) is 19.8 Å². The fraction of sp³-hybridized carbons (Fsp3) is 0.400.